The van der Waals surface area contributed by atoms with Gasteiger partial charge in [0.15, 0.2) is 5.65 Å². The second-order valence-corrected chi connectivity index (χ2v) is 3.30. The molecular weight excluding hydrogens is 176 g/mol. The minimum Gasteiger partial charge on any atom is -0.325 e. The first-order valence-electron chi connectivity index (χ1n) is 4.80. The average Bonchev–Trinajstić information content (AvgIpc) is 2.52. The van der Waals surface area contributed by atoms with Crippen molar-refractivity contribution in [3.8, 4) is 0 Å². The normalized spacial score (nSPS) is 11.1. The average molecular weight is 190 g/mol. The van der Waals surface area contributed by atoms with Crippen molar-refractivity contribution in [2.75, 3.05) is 0 Å². The zero-order valence-electron chi connectivity index (χ0n) is 8.49. The van der Waals surface area contributed by atoms with E-state index in [1.165, 1.54) is 0 Å². The highest BCUT2D eigenvalue weighted by molar-refractivity contribution is 5.41. The lowest BCUT2D eigenvalue weighted by atomic mass is 10.3. The van der Waals surface area contributed by atoms with Crippen LogP contribution in [0.1, 0.15) is 24.0 Å². The van der Waals surface area contributed by atoms with Gasteiger partial charge in [0.1, 0.15) is 0 Å². The standard InChI is InChI=1S/C10H14N4/c1-3-8-4-5-10-12-7(2)9(6-11)14(10)13-8/h4-5H,3,6,11H2,1-2H3. The molecule has 4 nitrogen and oxygen atoms in total. The zero-order valence-corrected chi connectivity index (χ0v) is 8.49. The fraction of sp³-hybridized carbons (Fsp3) is 0.400. The Morgan fingerprint density at radius 3 is 2.86 bits per heavy atom. The van der Waals surface area contributed by atoms with E-state index in [-0.39, 0.29) is 0 Å². The van der Waals surface area contributed by atoms with Gasteiger partial charge < -0.3 is 5.73 Å². The van der Waals surface area contributed by atoms with Crippen molar-refractivity contribution in [3.05, 3.63) is 29.2 Å². The SMILES string of the molecule is CCc1ccc2nc(C)c(CN)n2n1. The van der Waals surface area contributed by atoms with Crippen LogP contribution in [0, 0.1) is 6.92 Å². The molecule has 0 spiro atoms. The molecule has 2 aromatic heterocycles. The second-order valence-electron chi connectivity index (χ2n) is 3.30. The van der Waals surface area contributed by atoms with Crippen molar-refractivity contribution >= 4 is 5.65 Å². The zero-order chi connectivity index (χ0) is 10.1. The van der Waals surface area contributed by atoms with Gasteiger partial charge >= 0.3 is 0 Å². The van der Waals surface area contributed by atoms with E-state index in [1.807, 2.05) is 23.6 Å². The molecule has 2 aromatic rings. The molecule has 2 heterocycles. The minimum absolute atomic E-state index is 0.479. The van der Waals surface area contributed by atoms with Gasteiger partial charge in [-0.05, 0) is 25.5 Å². The highest BCUT2D eigenvalue weighted by atomic mass is 15.3. The highest BCUT2D eigenvalue weighted by Crippen LogP contribution is 2.10. The van der Waals surface area contributed by atoms with Crippen LogP contribution >= 0.6 is 0 Å². The van der Waals surface area contributed by atoms with E-state index in [1.54, 1.807) is 0 Å². The fourth-order valence-electron chi connectivity index (χ4n) is 1.55. The number of aromatic nitrogens is 3. The molecule has 0 unspecified atom stereocenters. The quantitative estimate of drug-likeness (QED) is 0.770. The summed E-state index contributed by atoms with van der Waals surface area (Å²) < 4.78 is 1.84. The number of nitrogens with zero attached hydrogens (tertiary/aromatic N) is 3. The first kappa shape index (κ1) is 9.15. The molecule has 2 N–H and O–H groups in total. The summed E-state index contributed by atoms with van der Waals surface area (Å²) in [5, 5.41) is 4.46. The molecule has 0 amide bonds. The van der Waals surface area contributed by atoms with Crippen LogP contribution < -0.4 is 5.73 Å². The molecule has 74 valence electrons. The smallest absolute Gasteiger partial charge is 0.154 e. The summed E-state index contributed by atoms with van der Waals surface area (Å²) in [7, 11) is 0. The summed E-state index contributed by atoms with van der Waals surface area (Å²) in [6.45, 7) is 4.52. The summed E-state index contributed by atoms with van der Waals surface area (Å²) in [6.07, 6.45) is 0.928. The van der Waals surface area contributed by atoms with E-state index in [4.69, 9.17) is 5.73 Å². The molecule has 0 saturated carbocycles. The Labute approximate surface area is 82.8 Å². The lowest BCUT2D eigenvalue weighted by molar-refractivity contribution is 0.802. The van der Waals surface area contributed by atoms with Crippen molar-refractivity contribution in [2.45, 2.75) is 26.8 Å². The van der Waals surface area contributed by atoms with Crippen molar-refractivity contribution in [2.24, 2.45) is 5.73 Å². The number of nitrogens with two attached hydrogens (primary N) is 1. The molecule has 0 aliphatic carbocycles. The molecule has 0 radical (unpaired) electrons. The predicted octanol–water partition coefficient (Wildman–Crippen LogP) is 1.06. The van der Waals surface area contributed by atoms with Crippen LogP contribution in [-0.2, 0) is 13.0 Å². The van der Waals surface area contributed by atoms with E-state index in [2.05, 4.69) is 17.0 Å². The third-order valence-electron chi connectivity index (χ3n) is 2.38. The van der Waals surface area contributed by atoms with Crippen molar-refractivity contribution in [3.63, 3.8) is 0 Å². The van der Waals surface area contributed by atoms with Gasteiger partial charge in [-0.1, -0.05) is 6.92 Å². The van der Waals surface area contributed by atoms with Gasteiger partial charge in [0.2, 0.25) is 0 Å². The molecule has 0 aliphatic heterocycles. The number of imidazole rings is 1. The van der Waals surface area contributed by atoms with Gasteiger partial charge in [0.05, 0.1) is 17.1 Å². The summed E-state index contributed by atoms with van der Waals surface area (Å²) >= 11 is 0. The van der Waals surface area contributed by atoms with Crippen LogP contribution in [0.3, 0.4) is 0 Å². The number of aryl methyl sites for hydroxylation is 2. The van der Waals surface area contributed by atoms with Gasteiger partial charge in [0, 0.05) is 6.54 Å². The first-order chi connectivity index (χ1) is 6.76. The van der Waals surface area contributed by atoms with Gasteiger partial charge in [-0.2, -0.15) is 5.10 Å². The minimum atomic E-state index is 0.479. The molecule has 0 fully saturated rings. The van der Waals surface area contributed by atoms with Crippen molar-refractivity contribution in [1.29, 1.82) is 0 Å². The molecule has 0 aliphatic rings. The number of hydrogen-bond donors (Lipinski definition) is 1. The predicted molar refractivity (Wildman–Crippen MR) is 55.0 cm³/mol. The van der Waals surface area contributed by atoms with Crippen LogP contribution in [0.5, 0.6) is 0 Å². The third-order valence-corrected chi connectivity index (χ3v) is 2.38. The molecule has 0 bridgehead atoms. The Morgan fingerprint density at radius 2 is 2.21 bits per heavy atom. The van der Waals surface area contributed by atoms with Gasteiger partial charge in [-0.15, -0.1) is 0 Å². The summed E-state index contributed by atoms with van der Waals surface area (Å²) in [5.74, 6) is 0. The summed E-state index contributed by atoms with van der Waals surface area (Å²) in [4.78, 5) is 4.38. The van der Waals surface area contributed by atoms with Crippen molar-refractivity contribution < 1.29 is 0 Å². The Balaban J connectivity index is 2.71. The largest absolute Gasteiger partial charge is 0.325 e. The molecule has 14 heavy (non-hydrogen) atoms. The van der Waals surface area contributed by atoms with E-state index < -0.39 is 0 Å². The molecule has 0 atom stereocenters. The summed E-state index contributed by atoms with van der Waals surface area (Å²) in [6, 6.07) is 3.99. The Morgan fingerprint density at radius 1 is 1.43 bits per heavy atom. The van der Waals surface area contributed by atoms with E-state index in [0.717, 1.165) is 29.1 Å². The first-order valence-corrected chi connectivity index (χ1v) is 4.80. The number of fused-ring (bicyclic) bond motifs is 1. The molecule has 4 heteroatoms. The summed E-state index contributed by atoms with van der Waals surface area (Å²) in [5.41, 5.74) is 9.55. The number of rotatable bonds is 2. The van der Waals surface area contributed by atoms with Gasteiger partial charge in [-0.25, -0.2) is 9.50 Å². The highest BCUT2D eigenvalue weighted by Gasteiger charge is 2.07. The van der Waals surface area contributed by atoms with E-state index in [9.17, 15) is 0 Å². The Kier molecular flexibility index (Phi) is 2.21. The monoisotopic (exact) mass is 190 g/mol. The lowest BCUT2D eigenvalue weighted by Crippen LogP contribution is -2.06. The van der Waals surface area contributed by atoms with Gasteiger partial charge in [-0.3, -0.25) is 0 Å². The van der Waals surface area contributed by atoms with E-state index in [0.29, 0.717) is 6.54 Å². The third kappa shape index (κ3) is 1.28. The van der Waals surface area contributed by atoms with Crippen LogP contribution in [-0.4, -0.2) is 14.6 Å². The fourth-order valence-corrected chi connectivity index (χ4v) is 1.55. The topological polar surface area (TPSA) is 56.2 Å². The Hall–Kier alpha value is -1.42. The maximum absolute atomic E-state index is 5.65. The van der Waals surface area contributed by atoms with Crippen LogP contribution in [0.25, 0.3) is 5.65 Å². The maximum atomic E-state index is 5.65. The van der Waals surface area contributed by atoms with Crippen molar-refractivity contribution in [1.82, 2.24) is 14.6 Å². The maximum Gasteiger partial charge on any atom is 0.154 e. The molecule has 2 rings (SSSR count). The second kappa shape index (κ2) is 3.38. The molecular formula is C10H14N4. The molecule has 0 aromatic carbocycles. The van der Waals surface area contributed by atoms with Crippen LogP contribution in [0.15, 0.2) is 12.1 Å². The lowest BCUT2D eigenvalue weighted by Gasteiger charge is -2.00. The van der Waals surface area contributed by atoms with Crippen LogP contribution in [0.4, 0.5) is 0 Å². The van der Waals surface area contributed by atoms with E-state index >= 15 is 0 Å². The Bertz CT molecular complexity index is 458. The van der Waals surface area contributed by atoms with Gasteiger partial charge in [0.25, 0.3) is 0 Å². The number of hydrogen-bond acceptors (Lipinski definition) is 3. The molecule has 0 saturated heterocycles. The van der Waals surface area contributed by atoms with Crippen LogP contribution in [0.2, 0.25) is 0 Å².